The molecule has 0 radical (unpaired) electrons. The van der Waals surface area contributed by atoms with Crippen LogP contribution in [0.15, 0.2) is 24.3 Å². The number of ether oxygens (including phenoxy) is 1. The van der Waals surface area contributed by atoms with Crippen LogP contribution in [0.3, 0.4) is 0 Å². The van der Waals surface area contributed by atoms with E-state index < -0.39 is 0 Å². The average Bonchev–Trinajstić information content (AvgIpc) is 2.40. The molecule has 0 fully saturated rings. The molecule has 20 heavy (non-hydrogen) atoms. The number of benzene rings is 1. The van der Waals surface area contributed by atoms with E-state index in [-0.39, 0.29) is 12.0 Å². The van der Waals surface area contributed by atoms with Crippen molar-refractivity contribution >= 4 is 5.97 Å². The number of carbonyl (C=O) groups excluding carboxylic acids is 1. The van der Waals surface area contributed by atoms with Gasteiger partial charge in [-0.2, -0.15) is 0 Å². The van der Waals surface area contributed by atoms with Crippen LogP contribution in [0.1, 0.15) is 38.3 Å². The van der Waals surface area contributed by atoms with Crippen molar-refractivity contribution in [2.24, 2.45) is 5.92 Å². The summed E-state index contributed by atoms with van der Waals surface area (Å²) in [5, 5.41) is 3.34. The van der Waals surface area contributed by atoms with E-state index in [1.54, 1.807) is 0 Å². The Bertz CT molecular complexity index is 398. The summed E-state index contributed by atoms with van der Waals surface area (Å²) in [4.78, 5) is 11.4. The average molecular weight is 277 g/mol. The second-order valence-electron chi connectivity index (χ2n) is 5.65. The molecule has 3 nitrogen and oxygen atoms in total. The minimum atomic E-state index is -0.160. The van der Waals surface area contributed by atoms with Gasteiger partial charge in [-0.15, -0.1) is 0 Å². The third-order valence-electron chi connectivity index (χ3n) is 3.28. The van der Waals surface area contributed by atoms with Crippen LogP contribution in [-0.2, 0) is 22.4 Å². The normalized spacial score (nSPS) is 12.4. The van der Waals surface area contributed by atoms with E-state index in [1.165, 1.54) is 18.2 Å². The molecule has 0 aromatic heterocycles. The number of hydrogen-bond acceptors (Lipinski definition) is 3. The standard InChI is InChI=1S/C17H27NO2/c1-5-18-16(12-17(19)20-4)11-15-8-6-14(7-9-15)10-13(2)3/h6-9,13,16,18H,5,10-12H2,1-4H3. The third kappa shape index (κ3) is 6.20. The van der Waals surface area contributed by atoms with Gasteiger partial charge in [0.1, 0.15) is 0 Å². The maximum absolute atomic E-state index is 11.4. The van der Waals surface area contributed by atoms with Crippen LogP contribution in [0.25, 0.3) is 0 Å². The predicted octanol–water partition coefficient (Wildman–Crippen LogP) is 2.97. The van der Waals surface area contributed by atoms with Crippen LogP contribution in [-0.4, -0.2) is 25.7 Å². The summed E-state index contributed by atoms with van der Waals surface area (Å²) in [6.07, 6.45) is 2.38. The van der Waals surface area contributed by atoms with Gasteiger partial charge in [-0.05, 0) is 36.4 Å². The minimum Gasteiger partial charge on any atom is -0.469 e. The van der Waals surface area contributed by atoms with Gasteiger partial charge in [-0.25, -0.2) is 0 Å². The van der Waals surface area contributed by atoms with E-state index in [0.29, 0.717) is 12.3 Å². The SMILES string of the molecule is CCNC(CC(=O)OC)Cc1ccc(CC(C)C)cc1. The Kier molecular flexibility index (Phi) is 7.31. The van der Waals surface area contributed by atoms with E-state index in [1.807, 2.05) is 0 Å². The summed E-state index contributed by atoms with van der Waals surface area (Å²) >= 11 is 0. The smallest absolute Gasteiger partial charge is 0.307 e. The van der Waals surface area contributed by atoms with Crippen molar-refractivity contribution in [2.45, 2.75) is 46.1 Å². The van der Waals surface area contributed by atoms with E-state index in [2.05, 4.69) is 50.4 Å². The van der Waals surface area contributed by atoms with Gasteiger partial charge >= 0.3 is 5.97 Å². The Hall–Kier alpha value is -1.35. The zero-order valence-electron chi connectivity index (χ0n) is 13.1. The maximum Gasteiger partial charge on any atom is 0.307 e. The van der Waals surface area contributed by atoms with Gasteiger partial charge in [-0.3, -0.25) is 4.79 Å². The van der Waals surface area contributed by atoms with E-state index in [0.717, 1.165) is 19.4 Å². The summed E-state index contributed by atoms with van der Waals surface area (Å²) < 4.78 is 4.75. The van der Waals surface area contributed by atoms with Gasteiger partial charge in [-0.1, -0.05) is 45.0 Å². The van der Waals surface area contributed by atoms with Crippen LogP contribution in [0, 0.1) is 5.92 Å². The predicted molar refractivity (Wildman–Crippen MR) is 82.8 cm³/mol. The van der Waals surface area contributed by atoms with Crippen molar-refractivity contribution in [1.82, 2.24) is 5.32 Å². The van der Waals surface area contributed by atoms with Gasteiger partial charge in [0.25, 0.3) is 0 Å². The Morgan fingerprint density at radius 2 is 1.70 bits per heavy atom. The molecule has 0 spiro atoms. The Balaban J connectivity index is 2.61. The van der Waals surface area contributed by atoms with Crippen LogP contribution < -0.4 is 5.32 Å². The van der Waals surface area contributed by atoms with Gasteiger partial charge in [0, 0.05) is 6.04 Å². The molecule has 0 aliphatic heterocycles. The van der Waals surface area contributed by atoms with E-state index in [4.69, 9.17) is 4.74 Å². The number of hydrogen-bond donors (Lipinski definition) is 1. The lowest BCUT2D eigenvalue weighted by molar-refractivity contribution is -0.141. The largest absolute Gasteiger partial charge is 0.469 e. The number of esters is 1. The zero-order chi connectivity index (χ0) is 15.0. The molecule has 3 heteroatoms. The third-order valence-corrected chi connectivity index (χ3v) is 3.28. The Morgan fingerprint density at radius 3 is 2.15 bits per heavy atom. The fraction of sp³-hybridized carbons (Fsp3) is 0.588. The number of carbonyl (C=O) groups is 1. The highest BCUT2D eigenvalue weighted by Gasteiger charge is 2.13. The highest BCUT2D eigenvalue weighted by molar-refractivity contribution is 5.70. The molecule has 0 amide bonds. The molecular weight excluding hydrogens is 250 g/mol. The molecule has 1 rings (SSSR count). The molecule has 0 bridgehead atoms. The molecule has 1 atom stereocenters. The van der Waals surface area contributed by atoms with Crippen molar-refractivity contribution in [2.75, 3.05) is 13.7 Å². The fourth-order valence-corrected chi connectivity index (χ4v) is 2.36. The van der Waals surface area contributed by atoms with Crippen LogP contribution in [0.5, 0.6) is 0 Å². The first-order valence-electron chi connectivity index (χ1n) is 7.43. The number of rotatable bonds is 8. The second kappa shape index (κ2) is 8.75. The van der Waals surface area contributed by atoms with Crippen LogP contribution in [0.2, 0.25) is 0 Å². The molecule has 0 heterocycles. The molecule has 1 unspecified atom stereocenters. The van der Waals surface area contributed by atoms with E-state index in [9.17, 15) is 4.79 Å². The van der Waals surface area contributed by atoms with Gasteiger partial charge in [0.2, 0.25) is 0 Å². The summed E-state index contributed by atoms with van der Waals surface area (Å²) in [6, 6.07) is 8.86. The van der Waals surface area contributed by atoms with Gasteiger partial charge in [0.05, 0.1) is 13.5 Å². The summed E-state index contributed by atoms with van der Waals surface area (Å²) in [5.41, 5.74) is 2.63. The monoisotopic (exact) mass is 277 g/mol. The van der Waals surface area contributed by atoms with Crippen molar-refractivity contribution < 1.29 is 9.53 Å². The van der Waals surface area contributed by atoms with Crippen molar-refractivity contribution in [3.63, 3.8) is 0 Å². The van der Waals surface area contributed by atoms with Crippen molar-refractivity contribution in [1.29, 1.82) is 0 Å². The maximum atomic E-state index is 11.4. The molecule has 0 aliphatic carbocycles. The summed E-state index contributed by atoms with van der Waals surface area (Å²) in [7, 11) is 1.44. The molecular formula is C17H27NO2. The van der Waals surface area contributed by atoms with Gasteiger partial charge < -0.3 is 10.1 Å². The quantitative estimate of drug-likeness (QED) is 0.742. The first kappa shape index (κ1) is 16.7. The minimum absolute atomic E-state index is 0.142. The Labute approximate surface area is 122 Å². The lowest BCUT2D eigenvalue weighted by atomic mass is 9.98. The highest BCUT2D eigenvalue weighted by atomic mass is 16.5. The second-order valence-corrected chi connectivity index (χ2v) is 5.65. The number of methoxy groups -OCH3 is 1. The number of nitrogens with one attached hydrogen (secondary N) is 1. The van der Waals surface area contributed by atoms with Gasteiger partial charge in [0.15, 0.2) is 0 Å². The highest BCUT2D eigenvalue weighted by Crippen LogP contribution is 2.12. The lowest BCUT2D eigenvalue weighted by Crippen LogP contribution is -2.33. The molecule has 1 aromatic rings. The fourth-order valence-electron chi connectivity index (χ4n) is 2.36. The van der Waals surface area contributed by atoms with Crippen LogP contribution >= 0.6 is 0 Å². The lowest BCUT2D eigenvalue weighted by Gasteiger charge is -2.17. The first-order valence-corrected chi connectivity index (χ1v) is 7.43. The molecule has 112 valence electrons. The van der Waals surface area contributed by atoms with Crippen molar-refractivity contribution in [3.8, 4) is 0 Å². The topological polar surface area (TPSA) is 38.3 Å². The Morgan fingerprint density at radius 1 is 1.15 bits per heavy atom. The number of likely N-dealkylation sites (N-methyl/N-ethyl adjacent to an activating group) is 1. The molecule has 0 saturated heterocycles. The molecule has 1 N–H and O–H groups in total. The molecule has 1 aromatic carbocycles. The van der Waals surface area contributed by atoms with E-state index >= 15 is 0 Å². The first-order chi connectivity index (χ1) is 9.55. The zero-order valence-corrected chi connectivity index (χ0v) is 13.1. The molecule has 0 aliphatic rings. The molecule has 0 saturated carbocycles. The van der Waals surface area contributed by atoms with Crippen LogP contribution in [0.4, 0.5) is 0 Å². The summed E-state index contributed by atoms with van der Waals surface area (Å²) in [5.74, 6) is 0.516. The van der Waals surface area contributed by atoms with Crippen molar-refractivity contribution in [3.05, 3.63) is 35.4 Å². The summed E-state index contributed by atoms with van der Waals surface area (Å²) in [6.45, 7) is 7.36.